The summed E-state index contributed by atoms with van der Waals surface area (Å²) in [4.78, 5) is 16.7. The molecule has 1 amide bonds. The number of imidazole rings is 1. The van der Waals surface area contributed by atoms with E-state index < -0.39 is 0 Å². The van der Waals surface area contributed by atoms with Crippen molar-refractivity contribution < 1.29 is 9.53 Å². The molecule has 0 aliphatic heterocycles. The standard InChI is InChI=1S/C24H25N7O2.C10H20/c1-31-21-12-11-19(33-15-17-5-3-2-4-6-17)13-20(21)28-24(31)27-14-16-7-9-18(10-8-16)22(32)29-23(25)30-26;1-10(2,3)9-7-5-4-6-8-9/h2-13H,14-15,26H2,1H3,(H,27,28)(H3,25,29,30,32);9H,4-8H2,1-3H3. The zero-order valence-electron chi connectivity index (χ0n) is 25.8. The van der Waals surface area contributed by atoms with E-state index in [1.54, 1.807) is 12.1 Å². The van der Waals surface area contributed by atoms with Crippen molar-refractivity contribution in [3.63, 3.8) is 0 Å². The summed E-state index contributed by atoms with van der Waals surface area (Å²) in [5.74, 6) is 7.02. The lowest BCUT2D eigenvalue weighted by molar-refractivity contribution is 0.0976. The highest BCUT2D eigenvalue weighted by Gasteiger charge is 2.25. The Labute approximate surface area is 254 Å². The fourth-order valence-corrected chi connectivity index (χ4v) is 5.31. The minimum atomic E-state index is -0.373. The number of anilines is 1. The molecule has 43 heavy (non-hydrogen) atoms. The van der Waals surface area contributed by atoms with Crippen LogP contribution in [0.4, 0.5) is 5.95 Å². The summed E-state index contributed by atoms with van der Waals surface area (Å²) in [6.45, 7) is 8.18. The van der Waals surface area contributed by atoms with Gasteiger partial charge in [-0.1, -0.05) is 82.5 Å². The Balaban J connectivity index is 0.000000359. The molecular formula is C34H45N7O2. The molecule has 6 N–H and O–H groups in total. The molecule has 9 nitrogen and oxygen atoms in total. The van der Waals surface area contributed by atoms with Crippen molar-refractivity contribution >= 4 is 28.8 Å². The van der Waals surface area contributed by atoms with E-state index in [-0.39, 0.29) is 11.9 Å². The van der Waals surface area contributed by atoms with Crippen molar-refractivity contribution in [2.45, 2.75) is 66.0 Å². The van der Waals surface area contributed by atoms with Gasteiger partial charge in [-0.3, -0.25) is 10.1 Å². The number of carbonyl (C=O) groups is 1. The molecule has 1 aliphatic carbocycles. The van der Waals surface area contributed by atoms with Crippen LogP contribution in [0, 0.1) is 11.3 Å². The van der Waals surface area contributed by atoms with Gasteiger partial charge in [-0.25, -0.2) is 4.98 Å². The number of rotatable bonds is 7. The summed E-state index contributed by atoms with van der Waals surface area (Å²) in [5, 5.41) is 8.96. The summed E-state index contributed by atoms with van der Waals surface area (Å²) in [6.07, 6.45) is 7.38. The van der Waals surface area contributed by atoms with Gasteiger partial charge >= 0.3 is 0 Å². The number of aromatic nitrogens is 2. The molecule has 0 unspecified atom stereocenters. The highest BCUT2D eigenvalue weighted by molar-refractivity contribution is 6.05. The Morgan fingerprint density at radius 3 is 2.33 bits per heavy atom. The van der Waals surface area contributed by atoms with Gasteiger partial charge in [0.05, 0.1) is 11.0 Å². The van der Waals surface area contributed by atoms with Crippen LogP contribution in [0.5, 0.6) is 5.75 Å². The number of hydrazone groups is 1. The number of guanidine groups is 1. The Hall–Kier alpha value is -4.53. The maximum Gasteiger partial charge on any atom is 0.257 e. The average Bonchev–Trinajstić information content (AvgIpc) is 3.34. The first-order chi connectivity index (χ1) is 20.6. The van der Waals surface area contributed by atoms with Gasteiger partial charge in [0.25, 0.3) is 5.91 Å². The van der Waals surface area contributed by atoms with Gasteiger partial charge in [0.2, 0.25) is 11.9 Å². The third-order valence-corrected chi connectivity index (χ3v) is 7.98. The van der Waals surface area contributed by atoms with Crippen molar-refractivity contribution in [1.29, 1.82) is 0 Å². The van der Waals surface area contributed by atoms with Gasteiger partial charge in [-0.05, 0) is 59.6 Å². The van der Waals surface area contributed by atoms with Crippen LogP contribution < -0.4 is 26.9 Å². The smallest absolute Gasteiger partial charge is 0.257 e. The molecule has 0 radical (unpaired) electrons. The minimum Gasteiger partial charge on any atom is -0.489 e. The number of nitrogens with one attached hydrogen (secondary N) is 2. The van der Waals surface area contributed by atoms with Crippen LogP contribution in [-0.4, -0.2) is 21.4 Å². The van der Waals surface area contributed by atoms with E-state index in [0.717, 1.165) is 39.8 Å². The SMILES string of the molecule is CC(C)(C)C1CCCCC1.Cn1c(NCc2ccc(C(=O)N/C(N)=N/N)cc2)nc2cc(OCc3ccccc3)ccc21. The van der Waals surface area contributed by atoms with E-state index in [1.807, 2.05) is 72.3 Å². The van der Waals surface area contributed by atoms with E-state index in [9.17, 15) is 4.79 Å². The normalized spacial score (nSPS) is 14.1. The van der Waals surface area contributed by atoms with Gasteiger partial charge in [0, 0.05) is 25.2 Å². The first-order valence-electron chi connectivity index (χ1n) is 14.9. The van der Waals surface area contributed by atoms with Crippen LogP contribution in [-0.2, 0) is 20.2 Å². The van der Waals surface area contributed by atoms with Gasteiger partial charge in [0.1, 0.15) is 12.4 Å². The molecular weight excluding hydrogens is 538 g/mol. The van der Waals surface area contributed by atoms with Crippen LogP contribution in [0.15, 0.2) is 77.9 Å². The highest BCUT2D eigenvalue weighted by atomic mass is 16.5. The van der Waals surface area contributed by atoms with E-state index in [2.05, 4.69) is 36.5 Å². The first kappa shape index (κ1) is 31.4. The number of aryl methyl sites for hydroxylation is 1. The molecule has 1 heterocycles. The molecule has 0 bridgehead atoms. The van der Waals surface area contributed by atoms with E-state index in [1.165, 1.54) is 32.1 Å². The predicted molar refractivity (Wildman–Crippen MR) is 175 cm³/mol. The van der Waals surface area contributed by atoms with Crippen LogP contribution in [0.2, 0.25) is 0 Å². The van der Waals surface area contributed by atoms with Crippen molar-refractivity contribution in [2.24, 2.45) is 35.1 Å². The average molecular weight is 584 g/mol. The molecule has 1 aromatic heterocycles. The van der Waals surface area contributed by atoms with Crippen molar-refractivity contribution in [2.75, 3.05) is 5.32 Å². The van der Waals surface area contributed by atoms with Crippen LogP contribution >= 0.6 is 0 Å². The molecule has 228 valence electrons. The summed E-state index contributed by atoms with van der Waals surface area (Å²) >= 11 is 0. The molecule has 0 spiro atoms. The quantitative estimate of drug-likeness (QED) is 0.0874. The number of amides is 1. The third kappa shape index (κ3) is 8.98. The monoisotopic (exact) mass is 583 g/mol. The number of fused-ring (bicyclic) bond motifs is 1. The van der Waals surface area contributed by atoms with Crippen LogP contribution in [0.1, 0.15) is 74.4 Å². The number of hydrogen-bond donors (Lipinski definition) is 4. The summed E-state index contributed by atoms with van der Waals surface area (Å²) < 4.78 is 7.91. The Morgan fingerprint density at radius 1 is 1.00 bits per heavy atom. The zero-order valence-corrected chi connectivity index (χ0v) is 25.8. The van der Waals surface area contributed by atoms with E-state index >= 15 is 0 Å². The van der Waals surface area contributed by atoms with Crippen molar-refractivity contribution in [3.05, 3.63) is 89.5 Å². The third-order valence-electron chi connectivity index (χ3n) is 7.98. The van der Waals surface area contributed by atoms with Crippen molar-refractivity contribution in [1.82, 2.24) is 14.9 Å². The molecule has 1 fully saturated rings. The minimum absolute atomic E-state index is 0.138. The van der Waals surface area contributed by atoms with E-state index in [4.69, 9.17) is 21.3 Å². The maximum absolute atomic E-state index is 12.0. The Bertz CT molecular complexity index is 1500. The fraction of sp³-hybridized carbons (Fsp3) is 0.382. The molecule has 4 aromatic rings. The Morgan fingerprint density at radius 2 is 1.70 bits per heavy atom. The summed E-state index contributed by atoms with van der Waals surface area (Å²) in [6, 6.07) is 23.1. The first-order valence-corrected chi connectivity index (χ1v) is 14.9. The highest BCUT2D eigenvalue weighted by Crippen LogP contribution is 2.37. The summed E-state index contributed by atoms with van der Waals surface area (Å²) in [7, 11) is 1.96. The molecule has 1 saturated carbocycles. The van der Waals surface area contributed by atoms with Crippen LogP contribution in [0.25, 0.3) is 11.0 Å². The number of hydrogen-bond acceptors (Lipinski definition) is 6. The molecule has 3 aromatic carbocycles. The predicted octanol–water partition coefficient (Wildman–Crippen LogP) is 6.30. The molecule has 0 atom stereocenters. The van der Waals surface area contributed by atoms with Crippen molar-refractivity contribution in [3.8, 4) is 5.75 Å². The number of carbonyl (C=O) groups excluding carboxylic acids is 1. The second kappa shape index (κ2) is 14.6. The molecule has 0 saturated heterocycles. The number of nitrogens with zero attached hydrogens (tertiary/aromatic N) is 3. The van der Waals surface area contributed by atoms with Gasteiger partial charge < -0.3 is 26.2 Å². The Kier molecular flexibility index (Phi) is 10.6. The number of nitrogens with two attached hydrogens (primary N) is 2. The fourth-order valence-electron chi connectivity index (χ4n) is 5.31. The lowest BCUT2D eigenvalue weighted by atomic mass is 9.72. The van der Waals surface area contributed by atoms with Gasteiger partial charge in [-0.15, -0.1) is 5.10 Å². The topological polar surface area (TPSA) is 133 Å². The number of ether oxygens (including phenoxy) is 1. The van der Waals surface area contributed by atoms with Gasteiger partial charge in [0.15, 0.2) is 0 Å². The van der Waals surface area contributed by atoms with Crippen LogP contribution in [0.3, 0.4) is 0 Å². The molecule has 1 aliphatic rings. The molecule has 9 heteroatoms. The zero-order chi connectivity index (χ0) is 30.8. The second-order valence-corrected chi connectivity index (χ2v) is 12.1. The number of benzene rings is 3. The van der Waals surface area contributed by atoms with E-state index in [0.29, 0.717) is 24.1 Å². The lowest BCUT2D eigenvalue weighted by Crippen LogP contribution is -2.37. The molecule has 5 rings (SSSR count). The summed E-state index contributed by atoms with van der Waals surface area (Å²) in [5.41, 5.74) is 10.4. The van der Waals surface area contributed by atoms with Gasteiger partial charge in [-0.2, -0.15) is 0 Å². The largest absolute Gasteiger partial charge is 0.489 e. The second-order valence-electron chi connectivity index (χ2n) is 12.1. The lowest BCUT2D eigenvalue weighted by Gasteiger charge is -2.33. The maximum atomic E-state index is 12.0.